The van der Waals surface area contributed by atoms with E-state index in [1.807, 2.05) is 41.9 Å². The predicted octanol–water partition coefficient (Wildman–Crippen LogP) is 5.04. The molecule has 1 fully saturated rings. The molecule has 0 radical (unpaired) electrons. The maximum absolute atomic E-state index is 12.7. The van der Waals surface area contributed by atoms with Gasteiger partial charge in [-0.1, -0.05) is 54.8 Å². The molecular formula is C27H30ClN7O3S2. The molecular weight excluding hydrogens is 570 g/mol. The zero-order chi connectivity index (χ0) is 28.3. The Labute approximate surface area is 242 Å². The second-order valence-corrected chi connectivity index (χ2v) is 12.7. The number of anilines is 1. The summed E-state index contributed by atoms with van der Waals surface area (Å²) in [5.41, 5.74) is 3.36. The van der Waals surface area contributed by atoms with Crippen LogP contribution >= 0.6 is 23.4 Å². The number of hydrogen-bond donors (Lipinski definition) is 2. The van der Waals surface area contributed by atoms with Crippen LogP contribution in [0.15, 0.2) is 64.6 Å². The fraction of sp³-hybridized carbons (Fsp3) is 0.333. The quantitative estimate of drug-likeness (QED) is 0.257. The van der Waals surface area contributed by atoms with Gasteiger partial charge >= 0.3 is 0 Å². The molecule has 5 rings (SSSR count). The van der Waals surface area contributed by atoms with Crippen LogP contribution in [0.5, 0.6) is 0 Å². The van der Waals surface area contributed by atoms with E-state index in [1.54, 1.807) is 0 Å². The van der Waals surface area contributed by atoms with E-state index in [2.05, 4.69) is 20.1 Å². The number of benzene rings is 2. The highest BCUT2D eigenvalue weighted by Gasteiger charge is 2.24. The van der Waals surface area contributed by atoms with E-state index < -0.39 is 10.0 Å². The zero-order valence-electron chi connectivity index (χ0n) is 22.0. The van der Waals surface area contributed by atoms with Crippen LogP contribution in [0.3, 0.4) is 0 Å². The minimum Gasteiger partial charge on any atom is -0.325 e. The van der Waals surface area contributed by atoms with Gasteiger partial charge in [-0.2, -0.15) is 5.10 Å². The molecule has 1 aliphatic carbocycles. The summed E-state index contributed by atoms with van der Waals surface area (Å²) in [6, 6.07) is 15.7. The summed E-state index contributed by atoms with van der Waals surface area (Å²) < 4.78 is 27.1. The maximum atomic E-state index is 12.7. The predicted molar refractivity (Wildman–Crippen MR) is 156 cm³/mol. The molecule has 2 aromatic heterocycles. The SMILES string of the molecule is Cc1cc(-c2ccc(Cl)cc2)n(Cc2nnc(SCC(=O)Nc3ccc(S(N)(=O)=O)cc3)n2C2CCCCC2)n1. The third-order valence-electron chi connectivity index (χ3n) is 6.81. The average molecular weight is 600 g/mol. The molecule has 0 saturated heterocycles. The van der Waals surface area contributed by atoms with Gasteiger partial charge in [-0.25, -0.2) is 13.6 Å². The maximum Gasteiger partial charge on any atom is 0.238 e. The molecule has 1 amide bonds. The molecule has 0 unspecified atom stereocenters. The first-order valence-electron chi connectivity index (χ1n) is 13.0. The molecule has 2 heterocycles. The van der Waals surface area contributed by atoms with Crippen molar-refractivity contribution >= 4 is 45.0 Å². The largest absolute Gasteiger partial charge is 0.325 e. The summed E-state index contributed by atoms with van der Waals surface area (Å²) in [6.45, 7) is 2.41. The first-order chi connectivity index (χ1) is 19.2. The lowest BCUT2D eigenvalue weighted by atomic mass is 9.95. The van der Waals surface area contributed by atoms with Crippen molar-refractivity contribution in [2.45, 2.75) is 61.7 Å². The number of nitrogens with one attached hydrogen (secondary N) is 1. The molecule has 210 valence electrons. The summed E-state index contributed by atoms with van der Waals surface area (Å²) in [6.07, 6.45) is 5.55. The van der Waals surface area contributed by atoms with Gasteiger partial charge < -0.3 is 9.88 Å². The van der Waals surface area contributed by atoms with Crippen molar-refractivity contribution in [2.75, 3.05) is 11.1 Å². The second kappa shape index (κ2) is 12.1. The fourth-order valence-electron chi connectivity index (χ4n) is 4.93. The van der Waals surface area contributed by atoms with E-state index in [0.717, 1.165) is 48.5 Å². The summed E-state index contributed by atoms with van der Waals surface area (Å²) in [5.74, 6) is 0.686. The van der Waals surface area contributed by atoms with Crippen molar-refractivity contribution in [3.05, 3.63) is 71.1 Å². The zero-order valence-corrected chi connectivity index (χ0v) is 24.3. The number of carbonyl (C=O) groups is 1. The van der Waals surface area contributed by atoms with Crippen molar-refractivity contribution in [1.82, 2.24) is 24.5 Å². The number of nitrogens with zero attached hydrogens (tertiary/aromatic N) is 5. The molecule has 0 bridgehead atoms. The Hall–Kier alpha value is -3.19. The van der Waals surface area contributed by atoms with Crippen molar-refractivity contribution < 1.29 is 13.2 Å². The smallest absolute Gasteiger partial charge is 0.238 e. The van der Waals surface area contributed by atoms with Crippen molar-refractivity contribution in [3.8, 4) is 11.3 Å². The fourth-order valence-corrected chi connectivity index (χ4v) is 6.39. The average Bonchev–Trinajstić information content (AvgIpc) is 3.51. The van der Waals surface area contributed by atoms with Crippen LogP contribution in [0.25, 0.3) is 11.3 Å². The highest BCUT2D eigenvalue weighted by atomic mass is 35.5. The van der Waals surface area contributed by atoms with E-state index in [9.17, 15) is 13.2 Å². The van der Waals surface area contributed by atoms with Gasteiger partial charge in [-0.05, 0) is 67.8 Å². The monoisotopic (exact) mass is 599 g/mol. The van der Waals surface area contributed by atoms with Crippen LogP contribution in [0.4, 0.5) is 5.69 Å². The number of hydrogen-bond acceptors (Lipinski definition) is 7. The molecule has 4 aromatic rings. The highest BCUT2D eigenvalue weighted by molar-refractivity contribution is 7.99. The lowest BCUT2D eigenvalue weighted by Crippen LogP contribution is -2.20. The Morgan fingerprint density at radius 1 is 1.07 bits per heavy atom. The molecule has 3 N–H and O–H groups in total. The van der Waals surface area contributed by atoms with Gasteiger partial charge in [0.25, 0.3) is 0 Å². The molecule has 10 nitrogen and oxygen atoms in total. The number of aryl methyl sites for hydroxylation is 1. The van der Waals surface area contributed by atoms with Gasteiger partial charge in [0.1, 0.15) is 6.54 Å². The van der Waals surface area contributed by atoms with Gasteiger partial charge in [0.15, 0.2) is 11.0 Å². The van der Waals surface area contributed by atoms with Gasteiger partial charge in [-0.15, -0.1) is 10.2 Å². The molecule has 0 spiro atoms. The second-order valence-electron chi connectivity index (χ2n) is 9.80. The van der Waals surface area contributed by atoms with E-state index >= 15 is 0 Å². The van der Waals surface area contributed by atoms with E-state index in [-0.39, 0.29) is 22.6 Å². The van der Waals surface area contributed by atoms with Gasteiger partial charge in [0.05, 0.1) is 22.0 Å². The highest BCUT2D eigenvalue weighted by Crippen LogP contribution is 2.33. The molecule has 40 heavy (non-hydrogen) atoms. The van der Waals surface area contributed by atoms with Gasteiger partial charge in [0, 0.05) is 16.8 Å². The van der Waals surface area contributed by atoms with Crippen LogP contribution < -0.4 is 10.5 Å². The first kappa shape index (κ1) is 28.3. The molecule has 1 saturated carbocycles. The van der Waals surface area contributed by atoms with Crippen molar-refractivity contribution in [1.29, 1.82) is 0 Å². The lowest BCUT2D eigenvalue weighted by Gasteiger charge is -2.25. The Bertz CT molecular complexity index is 1590. The van der Waals surface area contributed by atoms with E-state index in [0.29, 0.717) is 22.4 Å². The molecule has 2 aromatic carbocycles. The number of nitrogens with two attached hydrogens (primary N) is 1. The molecule has 13 heteroatoms. The van der Waals surface area contributed by atoms with Crippen LogP contribution in [0.1, 0.15) is 49.7 Å². The van der Waals surface area contributed by atoms with E-state index in [1.165, 1.54) is 42.4 Å². The van der Waals surface area contributed by atoms with Gasteiger partial charge in [0.2, 0.25) is 15.9 Å². The normalized spacial score (nSPS) is 14.4. The molecule has 1 aliphatic rings. The van der Waals surface area contributed by atoms with Crippen LogP contribution in [-0.2, 0) is 21.4 Å². The van der Waals surface area contributed by atoms with Crippen LogP contribution in [0.2, 0.25) is 5.02 Å². The molecule has 0 atom stereocenters. The third kappa shape index (κ3) is 6.74. The number of carbonyl (C=O) groups excluding carboxylic acids is 1. The van der Waals surface area contributed by atoms with Gasteiger partial charge in [-0.3, -0.25) is 9.48 Å². The van der Waals surface area contributed by atoms with Crippen LogP contribution in [0, 0.1) is 6.92 Å². The Morgan fingerprint density at radius 2 is 1.77 bits per heavy atom. The Morgan fingerprint density at radius 3 is 2.45 bits per heavy atom. The lowest BCUT2D eigenvalue weighted by molar-refractivity contribution is -0.113. The number of aromatic nitrogens is 5. The standard InChI is InChI=1S/C27H30ClN7O3S2/c1-18-15-24(19-7-9-20(28)10-8-19)34(33-18)16-25-31-32-27(35(25)22-5-3-2-4-6-22)39-17-26(36)30-21-11-13-23(14-12-21)40(29,37)38/h7-15,22H,2-6,16-17H2,1H3,(H,30,36)(H2,29,37,38). The summed E-state index contributed by atoms with van der Waals surface area (Å²) >= 11 is 7.43. The minimum atomic E-state index is -3.80. The van der Waals surface area contributed by atoms with E-state index in [4.69, 9.17) is 21.8 Å². The van der Waals surface area contributed by atoms with Crippen molar-refractivity contribution in [2.24, 2.45) is 5.14 Å². The van der Waals surface area contributed by atoms with Crippen molar-refractivity contribution in [3.63, 3.8) is 0 Å². The summed E-state index contributed by atoms with van der Waals surface area (Å²) in [7, 11) is -3.80. The minimum absolute atomic E-state index is 0.0143. The third-order valence-corrected chi connectivity index (χ3v) is 8.93. The Balaban J connectivity index is 1.34. The topological polar surface area (TPSA) is 138 Å². The Kier molecular flexibility index (Phi) is 8.60. The number of thioether (sulfide) groups is 1. The first-order valence-corrected chi connectivity index (χ1v) is 15.9. The number of primary sulfonamides is 1. The number of halogens is 1. The number of amides is 1. The summed E-state index contributed by atoms with van der Waals surface area (Å²) in [5, 5.41) is 23.1. The number of sulfonamides is 1. The van der Waals surface area contributed by atoms with Crippen LogP contribution in [-0.4, -0.2) is 44.6 Å². The molecule has 0 aliphatic heterocycles. The number of rotatable bonds is 9. The summed E-state index contributed by atoms with van der Waals surface area (Å²) in [4.78, 5) is 12.7.